The van der Waals surface area contributed by atoms with Gasteiger partial charge in [0.05, 0.1) is 0 Å². The Kier molecular flexibility index (Phi) is 10.6. The number of nitrogens with two attached hydrogens (primary N) is 2. The molecule has 2 heteroatoms. The molecule has 0 aromatic carbocycles. The lowest BCUT2D eigenvalue weighted by molar-refractivity contribution is 0.0511. The summed E-state index contributed by atoms with van der Waals surface area (Å²) in [5.74, 6) is 0.991. The Morgan fingerprint density at radius 2 is 1.38 bits per heavy atom. The molecule has 0 radical (unpaired) electrons. The number of unbranched alkanes of at least 4 members (excludes halogenated alkanes) is 6. The van der Waals surface area contributed by atoms with Gasteiger partial charge in [0, 0.05) is 12.1 Å². The number of hydrogen-bond acceptors (Lipinski definition) is 2. The van der Waals surface area contributed by atoms with Gasteiger partial charge in [0.2, 0.25) is 0 Å². The van der Waals surface area contributed by atoms with E-state index in [1.807, 2.05) is 0 Å². The minimum atomic E-state index is 0.441. The second-order valence-corrected chi connectivity index (χ2v) is 9.72. The Morgan fingerprint density at radius 3 is 2.00 bits per heavy atom. The number of rotatable bonds is 12. The van der Waals surface area contributed by atoms with Crippen LogP contribution < -0.4 is 11.5 Å². The summed E-state index contributed by atoms with van der Waals surface area (Å²) in [5, 5.41) is 0. The summed E-state index contributed by atoms with van der Waals surface area (Å²) >= 11 is 0. The van der Waals surface area contributed by atoms with Crippen molar-refractivity contribution >= 4 is 0 Å². The Hall–Kier alpha value is -0.0800. The van der Waals surface area contributed by atoms with Crippen molar-refractivity contribution in [1.82, 2.24) is 0 Å². The standard InChI is InChI=1S/C24H48N2/c1-2-22(25)13-9-6-4-3-5-7-10-18-24(19-11-8-12-20-24)21-14-16-23(26)17-15-21/h21-23H,2-20,25-26H2,1H3. The molecule has 0 aromatic rings. The van der Waals surface area contributed by atoms with E-state index in [2.05, 4.69) is 6.92 Å². The molecule has 2 fully saturated rings. The highest BCUT2D eigenvalue weighted by Crippen LogP contribution is 2.51. The smallest absolute Gasteiger partial charge is 0.00390 e. The third-order valence-electron chi connectivity index (χ3n) is 7.76. The van der Waals surface area contributed by atoms with E-state index in [-0.39, 0.29) is 0 Å². The third kappa shape index (κ3) is 7.50. The highest BCUT2D eigenvalue weighted by Gasteiger charge is 2.40. The molecular weight excluding hydrogens is 316 g/mol. The molecule has 4 N–H and O–H groups in total. The molecule has 0 spiro atoms. The van der Waals surface area contributed by atoms with Crippen LogP contribution in [0, 0.1) is 11.3 Å². The Labute approximate surface area is 164 Å². The van der Waals surface area contributed by atoms with Crippen LogP contribution in [0.5, 0.6) is 0 Å². The van der Waals surface area contributed by atoms with Crippen LogP contribution in [0.15, 0.2) is 0 Å². The van der Waals surface area contributed by atoms with Gasteiger partial charge < -0.3 is 11.5 Å². The Morgan fingerprint density at radius 1 is 0.808 bits per heavy atom. The SMILES string of the molecule is CCC(N)CCCCCCCCCC1(C2CCC(N)CC2)CCCCC1. The highest BCUT2D eigenvalue weighted by atomic mass is 14.6. The third-order valence-corrected chi connectivity index (χ3v) is 7.76. The first-order valence-corrected chi connectivity index (χ1v) is 12.2. The summed E-state index contributed by atoms with van der Waals surface area (Å²) in [4.78, 5) is 0. The van der Waals surface area contributed by atoms with Crippen molar-refractivity contribution in [2.75, 3.05) is 0 Å². The highest BCUT2D eigenvalue weighted by molar-refractivity contribution is 4.92. The van der Waals surface area contributed by atoms with Gasteiger partial charge in [-0.25, -0.2) is 0 Å². The van der Waals surface area contributed by atoms with Gasteiger partial charge in [-0.1, -0.05) is 71.1 Å². The topological polar surface area (TPSA) is 52.0 Å². The zero-order chi connectivity index (χ0) is 18.7. The van der Waals surface area contributed by atoms with Gasteiger partial charge in [-0.2, -0.15) is 0 Å². The first kappa shape index (κ1) is 22.2. The van der Waals surface area contributed by atoms with Crippen LogP contribution in [0.3, 0.4) is 0 Å². The van der Waals surface area contributed by atoms with E-state index < -0.39 is 0 Å². The molecule has 2 rings (SSSR count). The van der Waals surface area contributed by atoms with Crippen molar-refractivity contribution in [3.63, 3.8) is 0 Å². The maximum atomic E-state index is 6.18. The second-order valence-electron chi connectivity index (χ2n) is 9.72. The summed E-state index contributed by atoms with van der Waals surface area (Å²) in [5.41, 5.74) is 12.9. The first-order valence-electron chi connectivity index (χ1n) is 12.2. The van der Waals surface area contributed by atoms with E-state index in [0.717, 1.165) is 12.3 Å². The predicted molar refractivity (Wildman–Crippen MR) is 115 cm³/mol. The molecule has 1 atom stereocenters. The summed E-state index contributed by atoms with van der Waals surface area (Å²) in [7, 11) is 0. The lowest BCUT2D eigenvalue weighted by atomic mass is 9.59. The Balaban J connectivity index is 1.59. The maximum absolute atomic E-state index is 6.18. The summed E-state index contributed by atoms with van der Waals surface area (Å²) in [6, 6.07) is 0.940. The molecule has 0 aliphatic heterocycles. The molecule has 1 unspecified atom stereocenters. The van der Waals surface area contributed by atoms with Gasteiger partial charge in [0.25, 0.3) is 0 Å². The Bertz CT molecular complexity index is 340. The van der Waals surface area contributed by atoms with E-state index in [9.17, 15) is 0 Å². The van der Waals surface area contributed by atoms with Crippen LogP contribution in [0.1, 0.15) is 129 Å². The molecule has 2 aliphatic rings. The molecule has 0 saturated heterocycles. The lowest BCUT2D eigenvalue weighted by Crippen LogP contribution is -2.38. The largest absolute Gasteiger partial charge is 0.328 e. The van der Waals surface area contributed by atoms with E-state index in [1.54, 1.807) is 0 Å². The molecular formula is C24H48N2. The van der Waals surface area contributed by atoms with Gasteiger partial charge in [0.15, 0.2) is 0 Å². The molecule has 2 nitrogen and oxygen atoms in total. The van der Waals surface area contributed by atoms with Crippen molar-refractivity contribution in [3.8, 4) is 0 Å². The van der Waals surface area contributed by atoms with Gasteiger partial charge in [-0.3, -0.25) is 0 Å². The average molecular weight is 365 g/mol. The van der Waals surface area contributed by atoms with Crippen LogP contribution in [-0.2, 0) is 0 Å². The molecule has 2 saturated carbocycles. The fourth-order valence-electron chi connectivity index (χ4n) is 5.82. The number of hydrogen-bond donors (Lipinski definition) is 2. The van der Waals surface area contributed by atoms with Gasteiger partial charge >= 0.3 is 0 Å². The summed E-state index contributed by atoms with van der Waals surface area (Å²) < 4.78 is 0. The van der Waals surface area contributed by atoms with Crippen LogP contribution in [0.4, 0.5) is 0 Å². The molecule has 0 heterocycles. The van der Waals surface area contributed by atoms with Gasteiger partial charge in [0.1, 0.15) is 0 Å². The maximum Gasteiger partial charge on any atom is 0.00390 e. The van der Waals surface area contributed by atoms with Crippen molar-refractivity contribution < 1.29 is 0 Å². The zero-order valence-corrected chi connectivity index (χ0v) is 17.8. The van der Waals surface area contributed by atoms with Gasteiger partial charge in [-0.15, -0.1) is 0 Å². The van der Waals surface area contributed by atoms with Gasteiger partial charge in [-0.05, 0) is 69.1 Å². The second kappa shape index (κ2) is 12.4. The minimum absolute atomic E-state index is 0.441. The van der Waals surface area contributed by atoms with Crippen LogP contribution in [-0.4, -0.2) is 12.1 Å². The van der Waals surface area contributed by atoms with Crippen LogP contribution in [0.2, 0.25) is 0 Å². The summed E-state index contributed by atoms with van der Waals surface area (Å²) in [6.45, 7) is 2.20. The molecule has 2 aliphatic carbocycles. The van der Waals surface area contributed by atoms with Crippen molar-refractivity contribution in [2.24, 2.45) is 22.8 Å². The minimum Gasteiger partial charge on any atom is -0.328 e. The van der Waals surface area contributed by atoms with Crippen LogP contribution in [0.25, 0.3) is 0 Å². The zero-order valence-electron chi connectivity index (χ0n) is 17.8. The summed E-state index contributed by atoms with van der Waals surface area (Å²) in [6.07, 6.45) is 26.7. The fourth-order valence-corrected chi connectivity index (χ4v) is 5.82. The van der Waals surface area contributed by atoms with Crippen molar-refractivity contribution in [2.45, 2.75) is 141 Å². The van der Waals surface area contributed by atoms with E-state index in [1.165, 1.54) is 116 Å². The molecule has 154 valence electrons. The van der Waals surface area contributed by atoms with Crippen LogP contribution >= 0.6 is 0 Å². The van der Waals surface area contributed by atoms with E-state index in [0.29, 0.717) is 17.5 Å². The first-order chi connectivity index (χ1) is 12.7. The molecule has 26 heavy (non-hydrogen) atoms. The predicted octanol–water partition coefficient (Wildman–Crippen LogP) is 6.70. The fraction of sp³-hybridized carbons (Fsp3) is 1.00. The molecule has 0 amide bonds. The quantitative estimate of drug-likeness (QED) is 0.378. The van der Waals surface area contributed by atoms with Crippen molar-refractivity contribution in [3.05, 3.63) is 0 Å². The lowest BCUT2D eigenvalue weighted by Gasteiger charge is -2.46. The average Bonchev–Trinajstić information content (AvgIpc) is 2.67. The van der Waals surface area contributed by atoms with Crippen molar-refractivity contribution in [1.29, 1.82) is 0 Å². The molecule has 0 aromatic heterocycles. The molecule has 0 bridgehead atoms. The van der Waals surface area contributed by atoms with E-state index >= 15 is 0 Å². The van der Waals surface area contributed by atoms with E-state index in [4.69, 9.17) is 11.5 Å². The monoisotopic (exact) mass is 364 g/mol. The normalized spacial score (nSPS) is 27.3.